The van der Waals surface area contributed by atoms with Gasteiger partial charge in [-0.3, -0.25) is 9.59 Å². The van der Waals surface area contributed by atoms with Crippen LogP contribution in [-0.4, -0.2) is 81.4 Å². The van der Waals surface area contributed by atoms with Crippen molar-refractivity contribution in [1.29, 1.82) is 0 Å². The number of carbonyl (C=O) groups excluding carboxylic acids is 2. The fourth-order valence-corrected chi connectivity index (χ4v) is 5.25. The molecule has 9 nitrogen and oxygen atoms in total. The quantitative estimate of drug-likeness (QED) is 0.275. The highest BCUT2D eigenvalue weighted by atomic mass is 79.9. The number of rotatable bonds is 12. The maximum absolute atomic E-state index is 13.1. The van der Waals surface area contributed by atoms with Gasteiger partial charge in [-0.15, -0.1) is 0 Å². The lowest BCUT2D eigenvalue weighted by Gasteiger charge is -2.22. The van der Waals surface area contributed by atoms with E-state index >= 15 is 0 Å². The highest BCUT2D eigenvalue weighted by molar-refractivity contribution is 9.09. The molecule has 0 aliphatic carbocycles. The van der Waals surface area contributed by atoms with Crippen molar-refractivity contribution in [1.82, 2.24) is 10.6 Å². The molecule has 0 bridgehead atoms. The van der Waals surface area contributed by atoms with Gasteiger partial charge in [0.15, 0.2) is 29.3 Å². The van der Waals surface area contributed by atoms with Crippen molar-refractivity contribution in [2.24, 2.45) is 0 Å². The molecule has 42 heavy (non-hydrogen) atoms. The molecule has 2 aromatic rings. The minimum atomic E-state index is -3.36. The van der Waals surface area contributed by atoms with E-state index in [-0.39, 0.29) is 15.4 Å². The van der Waals surface area contributed by atoms with Gasteiger partial charge in [-0.05, 0) is 35.4 Å². The van der Waals surface area contributed by atoms with Gasteiger partial charge in [0.05, 0.1) is 26.7 Å². The molecule has 0 radical (unpaired) electrons. The Labute approximate surface area is 271 Å². The van der Waals surface area contributed by atoms with Crippen LogP contribution in [-0.2, 0) is 29.3 Å². The second-order valence-electron chi connectivity index (χ2n) is 8.67. The maximum Gasteiger partial charge on any atom is 0.253 e. The molecule has 0 saturated heterocycles. The summed E-state index contributed by atoms with van der Waals surface area (Å²) in [6.07, 6.45) is 0.781. The third kappa shape index (κ3) is 12.4. The van der Waals surface area contributed by atoms with Crippen LogP contribution >= 0.6 is 62.3 Å². The summed E-state index contributed by atoms with van der Waals surface area (Å²) in [5.41, 5.74) is 0.872. The van der Waals surface area contributed by atoms with Gasteiger partial charge in [0.2, 0.25) is 0 Å². The highest BCUT2D eigenvalue weighted by Crippen LogP contribution is 2.28. The number of aliphatic hydroxyl groups is 1. The monoisotopic (exact) mass is 776 g/mol. The normalized spacial score (nSPS) is 14.8. The van der Waals surface area contributed by atoms with Crippen LogP contribution in [0.3, 0.4) is 0 Å². The smallest absolute Gasteiger partial charge is 0.253 e. The molecule has 0 spiro atoms. The van der Waals surface area contributed by atoms with Crippen LogP contribution in [0.1, 0.15) is 22.1 Å². The largest absolute Gasteiger partial charge is 0.386 e. The molecule has 0 aromatic heterocycles. The second-order valence-corrected chi connectivity index (χ2v) is 15.9. The summed E-state index contributed by atoms with van der Waals surface area (Å²) in [6.45, 7) is -1.88. The van der Waals surface area contributed by atoms with Crippen LogP contribution in [0.4, 0.5) is 8.78 Å². The Morgan fingerprint density at radius 3 is 1.38 bits per heavy atom. The van der Waals surface area contributed by atoms with E-state index in [1.54, 1.807) is 12.1 Å². The number of aliphatic hydroxyl groups excluding tert-OH is 1. The summed E-state index contributed by atoms with van der Waals surface area (Å²) in [6, 6.07) is 9.08. The first-order chi connectivity index (χ1) is 19.3. The number of nitrogens with one attached hydrogen (secondary N) is 2. The summed E-state index contributed by atoms with van der Waals surface area (Å²) in [4.78, 5) is 19.7. The predicted octanol–water partition coefficient (Wildman–Crippen LogP) is 4.17. The van der Waals surface area contributed by atoms with E-state index in [0.29, 0.717) is 5.56 Å². The number of hydrogen-bond donors (Lipinski definition) is 3. The molecular formula is C24H27BrCl4F2N2O7S2. The SMILES string of the molecule is CS(=O)(=O)c1ccc([C@@H](O)[C@@H](CF)NC(=O)C(Cl)Cl)cc1.CS(=O)(=O)c1ccc([C@H](Br)[C@@H](CF)NC(=O)C(Cl)Cl)cc1. The van der Waals surface area contributed by atoms with Crippen LogP contribution in [0.5, 0.6) is 0 Å². The topological polar surface area (TPSA) is 147 Å². The average Bonchev–Trinajstić information content (AvgIpc) is 2.93. The lowest BCUT2D eigenvalue weighted by molar-refractivity contribution is -0.121. The molecule has 0 aliphatic heterocycles. The van der Waals surface area contributed by atoms with Gasteiger partial charge in [-0.1, -0.05) is 86.6 Å². The summed E-state index contributed by atoms with van der Waals surface area (Å²) in [5, 5.41) is 14.5. The Hall–Kier alpha value is -1.26. The van der Waals surface area contributed by atoms with Gasteiger partial charge >= 0.3 is 0 Å². The standard InChI is InChI=1S/C12H13BrCl2FNO3S.C12H14Cl2FNO4S/c1-21(19,20)8-4-2-7(3-5-8)10(13)9(6-16)17-12(18)11(14)15;1-21(19,20)8-4-2-7(3-5-8)10(17)9(6-15)16-12(18)11(13)14/h2-5,9-11H,6H2,1H3,(H,17,18);2-5,9-11,17H,6H2,1H3,(H,16,18)/t9-,10+;9-,10-/m11/s1. The molecule has 3 N–H and O–H groups in total. The van der Waals surface area contributed by atoms with Crippen molar-refractivity contribution in [2.75, 3.05) is 25.9 Å². The van der Waals surface area contributed by atoms with Crippen molar-refractivity contribution in [2.45, 2.75) is 42.5 Å². The second kappa shape index (κ2) is 17.3. The van der Waals surface area contributed by atoms with Gasteiger partial charge in [0.25, 0.3) is 11.8 Å². The lowest BCUT2D eigenvalue weighted by Crippen LogP contribution is -2.43. The Bertz CT molecular complexity index is 1300. The van der Waals surface area contributed by atoms with Crippen LogP contribution in [0.25, 0.3) is 0 Å². The van der Waals surface area contributed by atoms with E-state index in [1.807, 2.05) is 0 Å². The van der Waals surface area contributed by atoms with E-state index in [0.717, 1.165) is 12.5 Å². The molecule has 2 amide bonds. The zero-order chi connectivity index (χ0) is 32.4. The number of halogens is 7. The van der Waals surface area contributed by atoms with Crippen molar-refractivity contribution in [3.63, 3.8) is 0 Å². The molecule has 2 rings (SSSR count). The number of hydrogen-bond acceptors (Lipinski definition) is 7. The van der Waals surface area contributed by atoms with Crippen LogP contribution in [0.15, 0.2) is 58.3 Å². The van der Waals surface area contributed by atoms with Gasteiger partial charge in [-0.25, -0.2) is 25.6 Å². The van der Waals surface area contributed by atoms with E-state index in [2.05, 4.69) is 26.6 Å². The van der Waals surface area contributed by atoms with Crippen molar-refractivity contribution in [3.05, 3.63) is 59.7 Å². The van der Waals surface area contributed by atoms with E-state index in [1.165, 1.54) is 36.4 Å². The number of alkyl halides is 7. The fraction of sp³-hybridized carbons (Fsp3) is 0.417. The molecule has 0 fully saturated rings. The van der Waals surface area contributed by atoms with E-state index < -0.39 is 77.5 Å². The molecule has 18 heteroatoms. The molecule has 2 aromatic carbocycles. The summed E-state index contributed by atoms with van der Waals surface area (Å²) < 4.78 is 71.4. The van der Waals surface area contributed by atoms with Gasteiger partial charge < -0.3 is 15.7 Å². The molecule has 0 unspecified atom stereocenters. The number of amides is 2. The highest BCUT2D eigenvalue weighted by Gasteiger charge is 2.26. The zero-order valence-corrected chi connectivity index (χ0v) is 28.1. The van der Waals surface area contributed by atoms with E-state index in [9.17, 15) is 40.3 Å². The molecule has 4 atom stereocenters. The predicted molar refractivity (Wildman–Crippen MR) is 163 cm³/mol. The first-order valence-electron chi connectivity index (χ1n) is 11.5. The summed E-state index contributed by atoms with van der Waals surface area (Å²) >= 11 is 24.7. The molecular weight excluding hydrogens is 752 g/mol. The fourth-order valence-electron chi connectivity index (χ4n) is 3.16. The van der Waals surface area contributed by atoms with Crippen LogP contribution in [0.2, 0.25) is 0 Å². The molecule has 0 aliphatic rings. The first-order valence-corrected chi connectivity index (χ1v) is 18.0. The van der Waals surface area contributed by atoms with Crippen LogP contribution < -0.4 is 10.6 Å². The average molecular weight is 779 g/mol. The van der Waals surface area contributed by atoms with Crippen molar-refractivity contribution >= 4 is 93.8 Å². The van der Waals surface area contributed by atoms with E-state index in [4.69, 9.17) is 46.4 Å². The number of carbonyl (C=O) groups is 2. The minimum Gasteiger partial charge on any atom is -0.386 e. The van der Waals surface area contributed by atoms with Gasteiger partial charge in [-0.2, -0.15) is 0 Å². The first kappa shape index (κ1) is 38.8. The third-order valence-corrected chi connectivity index (χ3v) is 9.61. The zero-order valence-electron chi connectivity index (χ0n) is 21.9. The van der Waals surface area contributed by atoms with Crippen molar-refractivity contribution in [3.8, 4) is 0 Å². The summed E-state index contributed by atoms with van der Waals surface area (Å²) in [5.74, 6) is -1.52. The third-order valence-electron chi connectivity index (χ3n) is 5.40. The van der Waals surface area contributed by atoms with Crippen LogP contribution in [0, 0.1) is 0 Å². The Morgan fingerprint density at radius 2 is 1.07 bits per heavy atom. The number of benzene rings is 2. The van der Waals surface area contributed by atoms with Crippen molar-refractivity contribution < 1.29 is 40.3 Å². The maximum atomic E-state index is 13.1. The van der Waals surface area contributed by atoms with Gasteiger partial charge in [0.1, 0.15) is 19.5 Å². The molecule has 236 valence electrons. The molecule has 0 saturated carbocycles. The molecule has 0 heterocycles. The van der Waals surface area contributed by atoms with Gasteiger partial charge in [0, 0.05) is 12.5 Å². The Balaban J connectivity index is 0.000000420. The Morgan fingerprint density at radius 1 is 0.738 bits per heavy atom. The number of sulfone groups is 2. The Kier molecular flexibility index (Phi) is 16.0. The minimum absolute atomic E-state index is 0.0702. The lowest BCUT2D eigenvalue weighted by atomic mass is 10.0. The summed E-state index contributed by atoms with van der Waals surface area (Å²) in [7, 11) is -6.66.